The van der Waals surface area contributed by atoms with Crippen LogP contribution in [0.3, 0.4) is 0 Å². The lowest BCUT2D eigenvalue weighted by Crippen LogP contribution is -2.86. The molecule has 0 saturated heterocycles. The van der Waals surface area contributed by atoms with Crippen molar-refractivity contribution < 1.29 is 14.3 Å². The molecule has 3 rings (SSSR count). The van der Waals surface area contributed by atoms with Gasteiger partial charge in [-0.05, 0) is 44.2 Å². The average Bonchev–Trinajstić information content (AvgIpc) is 2.72. The Labute approximate surface area is 162 Å². The number of anilines is 1. The van der Waals surface area contributed by atoms with Gasteiger partial charge in [0.1, 0.15) is 5.58 Å². The SMILES string of the molecule is CCN(CC)c1ccc2cc(C(N)=[NH+]NC(=O)c3ccccc3)c(=O)oc2c1. The zero-order chi connectivity index (χ0) is 20.1. The number of nitrogens with zero attached hydrogens (tertiary/aromatic N) is 1. The van der Waals surface area contributed by atoms with Gasteiger partial charge in [0.05, 0.1) is 0 Å². The summed E-state index contributed by atoms with van der Waals surface area (Å²) in [6.45, 7) is 5.85. The zero-order valence-electron chi connectivity index (χ0n) is 15.9. The smallest absolute Gasteiger partial charge is 0.352 e. The molecule has 7 nitrogen and oxygen atoms in total. The second-order valence-electron chi connectivity index (χ2n) is 6.20. The molecule has 0 saturated carbocycles. The highest BCUT2D eigenvalue weighted by Crippen LogP contribution is 2.21. The predicted octanol–water partition coefficient (Wildman–Crippen LogP) is 0.770. The van der Waals surface area contributed by atoms with Gasteiger partial charge in [0, 0.05) is 35.8 Å². The van der Waals surface area contributed by atoms with Crippen LogP contribution in [0.2, 0.25) is 0 Å². The van der Waals surface area contributed by atoms with Crippen molar-refractivity contribution in [2.75, 3.05) is 18.0 Å². The fourth-order valence-electron chi connectivity index (χ4n) is 2.93. The summed E-state index contributed by atoms with van der Waals surface area (Å²) in [7, 11) is 0. The van der Waals surface area contributed by atoms with E-state index in [0.717, 1.165) is 24.2 Å². The maximum Gasteiger partial charge on any atom is 0.352 e. The van der Waals surface area contributed by atoms with Crippen molar-refractivity contribution in [3.05, 3.63) is 76.1 Å². The van der Waals surface area contributed by atoms with E-state index in [1.807, 2.05) is 24.3 Å². The van der Waals surface area contributed by atoms with Gasteiger partial charge in [-0.25, -0.2) is 4.79 Å². The first-order chi connectivity index (χ1) is 13.5. The summed E-state index contributed by atoms with van der Waals surface area (Å²) < 4.78 is 5.45. The monoisotopic (exact) mass is 379 g/mol. The number of hydrazine groups is 1. The maximum atomic E-state index is 12.4. The van der Waals surface area contributed by atoms with Crippen LogP contribution in [0.4, 0.5) is 5.69 Å². The van der Waals surface area contributed by atoms with Gasteiger partial charge in [-0.1, -0.05) is 18.2 Å². The number of nitrogens with two attached hydrogens (primary N) is 1. The number of amidine groups is 1. The Kier molecular flexibility index (Phi) is 5.74. The van der Waals surface area contributed by atoms with Crippen molar-refractivity contribution in [3.8, 4) is 0 Å². The highest BCUT2D eigenvalue weighted by molar-refractivity contribution is 5.97. The molecule has 0 aliphatic carbocycles. The molecule has 3 aromatic rings. The zero-order valence-corrected chi connectivity index (χ0v) is 15.9. The maximum absolute atomic E-state index is 12.4. The first-order valence-corrected chi connectivity index (χ1v) is 9.10. The van der Waals surface area contributed by atoms with E-state index in [1.54, 1.807) is 30.3 Å². The van der Waals surface area contributed by atoms with E-state index in [1.165, 1.54) is 0 Å². The predicted molar refractivity (Wildman–Crippen MR) is 109 cm³/mol. The average molecular weight is 379 g/mol. The van der Waals surface area contributed by atoms with E-state index >= 15 is 0 Å². The molecule has 0 aliphatic heterocycles. The number of benzene rings is 2. The first-order valence-electron chi connectivity index (χ1n) is 9.10. The Hall–Kier alpha value is -3.61. The van der Waals surface area contributed by atoms with Gasteiger partial charge < -0.3 is 9.32 Å². The van der Waals surface area contributed by atoms with E-state index in [0.29, 0.717) is 11.1 Å². The highest BCUT2D eigenvalue weighted by atomic mass is 16.4. The summed E-state index contributed by atoms with van der Waals surface area (Å²) in [4.78, 5) is 26.6. The molecule has 0 fully saturated rings. The molecule has 28 heavy (non-hydrogen) atoms. The third-order valence-corrected chi connectivity index (χ3v) is 4.48. The Bertz CT molecular complexity index is 1070. The minimum absolute atomic E-state index is 0.00718. The van der Waals surface area contributed by atoms with Crippen molar-refractivity contribution in [3.63, 3.8) is 0 Å². The summed E-state index contributed by atoms with van der Waals surface area (Å²) in [5.74, 6) is -0.356. The van der Waals surface area contributed by atoms with Gasteiger partial charge in [0.25, 0.3) is 5.91 Å². The van der Waals surface area contributed by atoms with E-state index in [4.69, 9.17) is 10.2 Å². The minimum atomic E-state index is -0.580. The third-order valence-electron chi connectivity index (χ3n) is 4.48. The van der Waals surface area contributed by atoms with Crippen LogP contribution in [-0.4, -0.2) is 24.8 Å². The largest absolute Gasteiger partial charge is 0.422 e. The van der Waals surface area contributed by atoms with Crippen LogP contribution >= 0.6 is 0 Å². The van der Waals surface area contributed by atoms with Gasteiger partial charge in [-0.15, -0.1) is 0 Å². The van der Waals surface area contributed by atoms with E-state index < -0.39 is 5.63 Å². The summed E-state index contributed by atoms with van der Waals surface area (Å²) in [5, 5.41) is 3.32. The topological polar surface area (TPSA) is 103 Å². The van der Waals surface area contributed by atoms with Crippen LogP contribution in [0.25, 0.3) is 11.0 Å². The van der Waals surface area contributed by atoms with Gasteiger partial charge in [0.15, 0.2) is 5.56 Å². The number of rotatable bonds is 6. The molecule has 0 aliphatic rings. The van der Waals surface area contributed by atoms with Gasteiger partial charge in [0.2, 0.25) is 0 Å². The Morgan fingerprint density at radius 2 is 1.82 bits per heavy atom. The van der Waals surface area contributed by atoms with Gasteiger partial charge in [-0.3, -0.25) is 10.5 Å². The number of fused-ring (bicyclic) bond motifs is 1. The summed E-state index contributed by atoms with van der Waals surface area (Å²) in [6.07, 6.45) is 0. The molecule has 144 valence electrons. The first kappa shape index (κ1) is 19.2. The summed E-state index contributed by atoms with van der Waals surface area (Å²) >= 11 is 0. The lowest BCUT2D eigenvalue weighted by molar-refractivity contribution is -0.508. The van der Waals surface area contributed by atoms with Gasteiger partial charge in [-0.2, -0.15) is 10.5 Å². The van der Waals surface area contributed by atoms with Crippen molar-refractivity contribution >= 4 is 28.4 Å². The number of nitrogen functional groups attached to an aromatic ring is 1. The molecular formula is C21H23N4O3+. The lowest BCUT2D eigenvalue weighted by Gasteiger charge is -2.20. The minimum Gasteiger partial charge on any atom is -0.422 e. The molecule has 2 aromatic carbocycles. The number of carbonyl (C=O) groups excluding carboxylic acids is 1. The van der Waals surface area contributed by atoms with Crippen LogP contribution in [0, 0.1) is 0 Å². The van der Waals surface area contributed by atoms with Crippen LogP contribution < -0.4 is 26.8 Å². The molecule has 0 radical (unpaired) electrons. The Balaban J connectivity index is 1.88. The fourth-order valence-corrected chi connectivity index (χ4v) is 2.93. The quantitative estimate of drug-likeness (QED) is 0.254. The second kappa shape index (κ2) is 8.39. The molecule has 7 heteroatoms. The summed E-state index contributed by atoms with van der Waals surface area (Å²) in [6, 6.07) is 16.0. The van der Waals surface area contributed by atoms with Crippen LogP contribution in [0.1, 0.15) is 29.8 Å². The number of nitrogens with one attached hydrogen (secondary N) is 2. The molecule has 0 atom stereocenters. The van der Waals surface area contributed by atoms with Crippen LogP contribution in [0.5, 0.6) is 0 Å². The molecule has 0 spiro atoms. The lowest BCUT2D eigenvalue weighted by atomic mass is 10.1. The number of amides is 1. The Morgan fingerprint density at radius 3 is 2.50 bits per heavy atom. The molecule has 1 amide bonds. The second-order valence-corrected chi connectivity index (χ2v) is 6.20. The molecular weight excluding hydrogens is 356 g/mol. The standard InChI is InChI=1S/C21H22N4O3/c1-3-25(4-2)16-11-10-15-12-17(21(27)28-18(15)13-16)19(22)23-24-20(26)14-8-6-5-7-9-14/h5-13H,3-4H2,1-2H3,(H2,22,23)(H,24,26)/p+1. The molecule has 4 N–H and O–H groups in total. The normalized spacial score (nSPS) is 11.4. The van der Waals surface area contributed by atoms with Crippen molar-refractivity contribution in [2.45, 2.75) is 13.8 Å². The van der Waals surface area contributed by atoms with E-state index in [2.05, 4.69) is 29.3 Å². The van der Waals surface area contributed by atoms with Gasteiger partial charge >= 0.3 is 11.5 Å². The fraction of sp³-hybridized carbons (Fsp3) is 0.190. The van der Waals surface area contributed by atoms with Crippen molar-refractivity contribution in [1.82, 2.24) is 5.43 Å². The number of hydrogen-bond acceptors (Lipinski definition) is 4. The summed E-state index contributed by atoms with van der Waals surface area (Å²) in [5.41, 5.74) is 9.94. The van der Waals surface area contributed by atoms with Crippen molar-refractivity contribution in [2.24, 2.45) is 5.73 Å². The molecule has 1 heterocycles. The molecule has 0 unspecified atom stereocenters. The highest BCUT2D eigenvalue weighted by Gasteiger charge is 2.15. The Morgan fingerprint density at radius 1 is 1.11 bits per heavy atom. The number of carbonyl (C=O) groups is 1. The van der Waals surface area contributed by atoms with E-state index in [9.17, 15) is 9.59 Å². The number of hydrazone groups is 1. The molecule has 1 aromatic heterocycles. The number of hydrogen-bond donors (Lipinski definition) is 3. The molecule has 0 bridgehead atoms. The van der Waals surface area contributed by atoms with E-state index in [-0.39, 0.29) is 17.3 Å². The third kappa shape index (κ3) is 4.03. The van der Waals surface area contributed by atoms with Crippen LogP contribution in [-0.2, 0) is 0 Å². The van der Waals surface area contributed by atoms with Crippen molar-refractivity contribution in [1.29, 1.82) is 0 Å². The van der Waals surface area contributed by atoms with Crippen LogP contribution in [0.15, 0.2) is 63.8 Å².